The van der Waals surface area contributed by atoms with Crippen LogP contribution in [0.2, 0.25) is 0 Å². The van der Waals surface area contributed by atoms with Crippen molar-refractivity contribution in [3.05, 3.63) is 12.2 Å². The molecule has 0 saturated heterocycles. The van der Waals surface area contributed by atoms with Gasteiger partial charge in [-0.25, -0.2) is 0 Å². The lowest BCUT2D eigenvalue weighted by Crippen LogP contribution is -2.30. The lowest BCUT2D eigenvalue weighted by molar-refractivity contribution is -0.166. The average Bonchev–Trinajstić information content (AvgIpc) is 2.99. The summed E-state index contributed by atoms with van der Waals surface area (Å²) in [6.45, 7) is 5.63. The van der Waals surface area contributed by atoms with Gasteiger partial charge in [0, 0.05) is 19.8 Å². The molecule has 6 nitrogen and oxygen atoms in total. The van der Waals surface area contributed by atoms with Crippen molar-refractivity contribution >= 4 is 17.9 Å². The molecule has 0 unspecified atom stereocenters. The van der Waals surface area contributed by atoms with Crippen LogP contribution in [0.25, 0.3) is 0 Å². The molecular formula is C37H68O6. The summed E-state index contributed by atoms with van der Waals surface area (Å²) in [5.41, 5.74) is 0. The molecule has 0 aliphatic carbocycles. The molecule has 0 saturated carbocycles. The van der Waals surface area contributed by atoms with Gasteiger partial charge in [0.15, 0.2) is 6.10 Å². The Hall–Kier alpha value is -1.85. The Morgan fingerprint density at radius 2 is 0.860 bits per heavy atom. The van der Waals surface area contributed by atoms with E-state index in [1.165, 1.54) is 116 Å². The van der Waals surface area contributed by atoms with Crippen LogP contribution < -0.4 is 0 Å². The van der Waals surface area contributed by atoms with Gasteiger partial charge in [0.25, 0.3) is 0 Å². The summed E-state index contributed by atoms with van der Waals surface area (Å²) in [6.07, 6.45) is 33.7. The van der Waals surface area contributed by atoms with E-state index in [9.17, 15) is 14.4 Å². The third kappa shape index (κ3) is 32.9. The normalized spacial score (nSPS) is 12.0. The second kappa shape index (κ2) is 33.1. The van der Waals surface area contributed by atoms with Crippen LogP contribution in [0.1, 0.15) is 188 Å². The fourth-order valence-corrected chi connectivity index (χ4v) is 5.10. The number of rotatable bonds is 32. The first kappa shape index (κ1) is 41.1. The van der Waals surface area contributed by atoms with Crippen LogP contribution in [0.15, 0.2) is 12.2 Å². The Kier molecular flexibility index (Phi) is 31.6. The van der Waals surface area contributed by atoms with E-state index in [2.05, 4.69) is 26.0 Å². The molecule has 0 N–H and O–H groups in total. The first-order chi connectivity index (χ1) is 21.0. The van der Waals surface area contributed by atoms with Crippen LogP contribution in [-0.2, 0) is 28.6 Å². The van der Waals surface area contributed by atoms with E-state index < -0.39 is 12.1 Å². The molecule has 1 atom stereocenters. The summed E-state index contributed by atoms with van der Waals surface area (Å²) in [7, 11) is 0. The van der Waals surface area contributed by atoms with Gasteiger partial charge in [-0.05, 0) is 38.5 Å². The highest BCUT2D eigenvalue weighted by Crippen LogP contribution is 2.13. The first-order valence-electron chi connectivity index (χ1n) is 18.1. The van der Waals surface area contributed by atoms with Gasteiger partial charge in [-0.3, -0.25) is 14.4 Å². The molecule has 6 heteroatoms. The van der Waals surface area contributed by atoms with Crippen LogP contribution in [0.4, 0.5) is 0 Å². The molecule has 0 rings (SSSR count). The van der Waals surface area contributed by atoms with Gasteiger partial charge < -0.3 is 14.2 Å². The van der Waals surface area contributed by atoms with E-state index in [0.717, 1.165) is 44.9 Å². The molecule has 0 aromatic rings. The highest BCUT2D eigenvalue weighted by Gasteiger charge is 2.18. The van der Waals surface area contributed by atoms with E-state index in [-0.39, 0.29) is 25.2 Å². The average molecular weight is 609 g/mol. The largest absolute Gasteiger partial charge is 0.462 e. The van der Waals surface area contributed by atoms with Gasteiger partial charge in [0.2, 0.25) is 0 Å². The fraction of sp³-hybridized carbons (Fsp3) is 0.865. The zero-order valence-corrected chi connectivity index (χ0v) is 28.5. The van der Waals surface area contributed by atoms with E-state index in [1.54, 1.807) is 0 Å². The Morgan fingerprint density at radius 3 is 1.30 bits per heavy atom. The number of ether oxygens (including phenoxy) is 3. The second-order valence-corrected chi connectivity index (χ2v) is 12.2. The molecule has 0 aromatic carbocycles. The zero-order chi connectivity index (χ0) is 31.6. The van der Waals surface area contributed by atoms with Crippen molar-refractivity contribution in [1.29, 1.82) is 0 Å². The molecular weight excluding hydrogens is 540 g/mol. The minimum absolute atomic E-state index is 0.0822. The summed E-state index contributed by atoms with van der Waals surface area (Å²) < 4.78 is 15.9. The smallest absolute Gasteiger partial charge is 0.306 e. The van der Waals surface area contributed by atoms with E-state index in [4.69, 9.17) is 14.2 Å². The minimum atomic E-state index is -0.762. The number of hydrogen-bond donors (Lipinski definition) is 0. The number of allylic oxidation sites excluding steroid dienone is 2. The predicted molar refractivity (Wildman–Crippen MR) is 178 cm³/mol. The van der Waals surface area contributed by atoms with Crippen molar-refractivity contribution in [3.8, 4) is 0 Å². The van der Waals surface area contributed by atoms with Crippen molar-refractivity contribution in [2.24, 2.45) is 0 Å². The molecule has 0 bridgehead atoms. The van der Waals surface area contributed by atoms with E-state index in [1.807, 2.05) is 0 Å². The highest BCUT2D eigenvalue weighted by molar-refractivity contribution is 5.70. The summed E-state index contributed by atoms with van der Waals surface area (Å²) in [5.74, 6) is -1.08. The van der Waals surface area contributed by atoms with Crippen molar-refractivity contribution in [3.63, 3.8) is 0 Å². The van der Waals surface area contributed by atoms with Gasteiger partial charge >= 0.3 is 17.9 Å². The van der Waals surface area contributed by atoms with Gasteiger partial charge in [-0.15, -0.1) is 0 Å². The number of carbonyl (C=O) groups excluding carboxylic acids is 3. The molecule has 0 amide bonds. The summed E-state index contributed by atoms with van der Waals surface area (Å²) >= 11 is 0. The van der Waals surface area contributed by atoms with Crippen LogP contribution in [0.3, 0.4) is 0 Å². The Morgan fingerprint density at radius 1 is 0.488 bits per heavy atom. The van der Waals surface area contributed by atoms with E-state index >= 15 is 0 Å². The molecule has 0 aliphatic heterocycles. The Bertz CT molecular complexity index is 674. The molecule has 0 aliphatic rings. The fourth-order valence-electron chi connectivity index (χ4n) is 5.10. The van der Waals surface area contributed by atoms with Crippen LogP contribution >= 0.6 is 0 Å². The van der Waals surface area contributed by atoms with Crippen molar-refractivity contribution in [1.82, 2.24) is 0 Å². The minimum Gasteiger partial charge on any atom is -0.462 e. The number of esters is 3. The monoisotopic (exact) mass is 609 g/mol. The van der Waals surface area contributed by atoms with Crippen LogP contribution in [-0.4, -0.2) is 37.2 Å². The van der Waals surface area contributed by atoms with Gasteiger partial charge in [-0.1, -0.05) is 142 Å². The topological polar surface area (TPSA) is 78.9 Å². The zero-order valence-electron chi connectivity index (χ0n) is 28.5. The summed E-state index contributed by atoms with van der Waals surface area (Å²) in [6, 6.07) is 0. The van der Waals surface area contributed by atoms with Crippen LogP contribution in [0, 0.1) is 0 Å². The lowest BCUT2D eigenvalue weighted by atomic mass is 10.1. The SMILES string of the molecule is CCCCCCCC/C=C\CCCCCCCC(=O)OC[C@H](COC(C)=O)OC(=O)CCCCCCCCCCCCC. The van der Waals surface area contributed by atoms with Gasteiger partial charge in [0.05, 0.1) is 0 Å². The third-order valence-electron chi connectivity index (χ3n) is 7.83. The first-order valence-corrected chi connectivity index (χ1v) is 18.1. The maximum absolute atomic E-state index is 12.3. The standard InChI is InChI=1S/C37H68O6/c1-4-6-8-10-12-14-16-17-18-19-21-22-24-26-28-30-36(39)42-33-35(32-41-34(3)38)43-37(40)31-29-27-25-23-20-15-13-11-9-7-5-2/h17-18,35H,4-16,19-33H2,1-3H3/b18-17-/t35-/m0/s1. The maximum Gasteiger partial charge on any atom is 0.306 e. The van der Waals surface area contributed by atoms with Gasteiger partial charge in [-0.2, -0.15) is 0 Å². The number of unbranched alkanes of at least 4 members (excludes halogenated alkanes) is 21. The molecule has 0 radical (unpaired) electrons. The molecule has 0 fully saturated rings. The quantitative estimate of drug-likeness (QED) is 0.0327. The molecule has 0 spiro atoms. The predicted octanol–water partition coefficient (Wildman–Crippen LogP) is 10.7. The van der Waals surface area contributed by atoms with Crippen molar-refractivity contribution in [2.45, 2.75) is 194 Å². The molecule has 252 valence electrons. The lowest BCUT2D eigenvalue weighted by Gasteiger charge is -2.18. The van der Waals surface area contributed by atoms with Crippen molar-refractivity contribution < 1.29 is 28.6 Å². The van der Waals surface area contributed by atoms with Gasteiger partial charge in [0.1, 0.15) is 13.2 Å². The third-order valence-corrected chi connectivity index (χ3v) is 7.83. The number of hydrogen-bond acceptors (Lipinski definition) is 6. The molecule has 43 heavy (non-hydrogen) atoms. The second-order valence-electron chi connectivity index (χ2n) is 12.2. The Labute approximate surface area is 265 Å². The number of carbonyl (C=O) groups is 3. The summed E-state index contributed by atoms with van der Waals surface area (Å²) in [5, 5.41) is 0. The van der Waals surface area contributed by atoms with Crippen molar-refractivity contribution in [2.75, 3.05) is 13.2 Å². The molecule has 0 heterocycles. The molecule has 0 aromatic heterocycles. The Balaban J connectivity index is 3.87. The highest BCUT2D eigenvalue weighted by atomic mass is 16.6. The maximum atomic E-state index is 12.3. The summed E-state index contributed by atoms with van der Waals surface area (Å²) in [4.78, 5) is 35.8. The van der Waals surface area contributed by atoms with E-state index in [0.29, 0.717) is 12.8 Å². The van der Waals surface area contributed by atoms with Crippen LogP contribution in [0.5, 0.6) is 0 Å².